The van der Waals surface area contributed by atoms with Crippen LogP contribution in [-0.2, 0) is 11.3 Å². The van der Waals surface area contributed by atoms with E-state index in [1.54, 1.807) is 35.5 Å². The van der Waals surface area contributed by atoms with Crippen molar-refractivity contribution in [2.45, 2.75) is 19.4 Å². The lowest BCUT2D eigenvalue weighted by Crippen LogP contribution is -2.29. The molecule has 0 bridgehead atoms. The van der Waals surface area contributed by atoms with Crippen LogP contribution in [0.5, 0.6) is 0 Å². The van der Waals surface area contributed by atoms with Crippen LogP contribution in [0.25, 0.3) is 11.3 Å². The minimum atomic E-state index is -0.257. The average molecular weight is 413 g/mol. The number of hydrogen-bond acceptors (Lipinski definition) is 5. The van der Waals surface area contributed by atoms with Crippen LogP contribution in [0.4, 0.5) is 5.69 Å². The minimum Gasteiger partial charge on any atom is -0.345 e. The summed E-state index contributed by atoms with van der Waals surface area (Å²) >= 11 is 7.58. The molecule has 2 amide bonds. The smallest absolute Gasteiger partial charge is 0.253 e. The normalized spacial score (nSPS) is 13.8. The Bertz CT molecular complexity index is 1020. The van der Waals surface area contributed by atoms with Gasteiger partial charge in [-0.25, -0.2) is 4.98 Å². The summed E-state index contributed by atoms with van der Waals surface area (Å²) in [5.74, 6) is -0.245. The fourth-order valence-corrected chi connectivity index (χ4v) is 4.03. The summed E-state index contributed by atoms with van der Waals surface area (Å²) in [5, 5.41) is 6.14. The van der Waals surface area contributed by atoms with Gasteiger partial charge in [0.25, 0.3) is 5.91 Å². The van der Waals surface area contributed by atoms with Crippen LogP contribution in [-0.4, -0.2) is 28.3 Å². The molecule has 1 N–H and O–H groups in total. The zero-order valence-corrected chi connectivity index (χ0v) is 16.5. The molecule has 1 aromatic carbocycles. The van der Waals surface area contributed by atoms with Crippen molar-refractivity contribution in [3.8, 4) is 11.3 Å². The van der Waals surface area contributed by atoms with Crippen LogP contribution in [0.2, 0.25) is 5.02 Å². The van der Waals surface area contributed by atoms with Crippen molar-refractivity contribution in [1.82, 2.24) is 15.3 Å². The summed E-state index contributed by atoms with van der Waals surface area (Å²) in [6.45, 7) is 0.909. The molecule has 28 heavy (non-hydrogen) atoms. The van der Waals surface area contributed by atoms with Crippen LogP contribution in [0.1, 0.15) is 28.2 Å². The highest BCUT2D eigenvalue weighted by atomic mass is 35.5. The van der Waals surface area contributed by atoms with Crippen LogP contribution < -0.4 is 10.2 Å². The third-order valence-electron chi connectivity index (χ3n) is 4.50. The Kier molecular flexibility index (Phi) is 5.36. The van der Waals surface area contributed by atoms with Crippen molar-refractivity contribution >= 4 is 40.4 Å². The highest BCUT2D eigenvalue weighted by Gasteiger charge is 2.26. The van der Waals surface area contributed by atoms with Gasteiger partial charge in [-0.2, -0.15) is 0 Å². The van der Waals surface area contributed by atoms with E-state index in [1.165, 1.54) is 11.3 Å². The second-order valence-corrected chi connectivity index (χ2v) is 7.73. The monoisotopic (exact) mass is 412 g/mol. The predicted octanol–water partition coefficient (Wildman–Crippen LogP) is 3.92. The number of hydrogen-bond donors (Lipinski definition) is 1. The van der Waals surface area contributed by atoms with Gasteiger partial charge in [0.2, 0.25) is 5.91 Å². The van der Waals surface area contributed by atoms with Crippen LogP contribution in [0.3, 0.4) is 0 Å². The molecule has 4 rings (SSSR count). The fraction of sp³-hybridized carbons (Fsp3) is 0.200. The van der Waals surface area contributed by atoms with Gasteiger partial charge in [0, 0.05) is 41.3 Å². The summed E-state index contributed by atoms with van der Waals surface area (Å²) in [6.07, 6.45) is 4.71. The Morgan fingerprint density at radius 2 is 2.07 bits per heavy atom. The molecule has 3 aromatic rings. The predicted molar refractivity (Wildman–Crippen MR) is 110 cm³/mol. The van der Waals surface area contributed by atoms with Gasteiger partial charge >= 0.3 is 0 Å². The Balaban J connectivity index is 1.49. The molecule has 0 aliphatic carbocycles. The number of nitrogens with one attached hydrogen (secondary N) is 1. The van der Waals surface area contributed by atoms with Crippen LogP contribution >= 0.6 is 22.9 Å². The highest BCUT2D eigenvalue weighted by Crippen LogP contribution is 2.29. The SMILES string of the molecule is O=C(NCc1nc(-c2ccncc2)cs1)c1ccc(Cl)cc1N1CCCC1=O. The van der Waals surface area contributed by atoms with Gasteiger partial charge in [-0.05, 0) is 36.8 Å². The Hall–Kier alpha value is -2.77. The number of rotatable bonds is 5. The molecular formula is C20H17ClN4O2S. The molecule has 3 heterocycles. The van der Waals surface area contributed by atoms with Crippen molar-refractivity contribution in [1.29, 1.82) is 0 Å². The molecule has 1 aliphatic heterocycles. The van der Waals surface area contributed by atoms with E-state index < -0.39 is 0 Å². The lowest BCUT2D eigenvalue weighted by molar-refractivity contribution is -0.117. The fourth-order valence-electron chi connectivity index (χ4n) is 3.12. The second kappa shape index (κ2) is 8.08. The zero-order chi connectivity index (χ0) is 19.5. The standard InChI is InChI=1S/C20H17ClN4O2S/c21-14-3-4-15(17(10-14)25-9-1-2-19(25)26)20(27)23-11-18-24-16(12-28-18)13-5-7-22-8-6-13/h3-8,10,12H,1-2,9,11H2,(H,23,27). The number of halogens is 1. The summed E-state index contributed by atoms with van der Waals surface area (Å²) in [4.78, 5) is 35.1. The molecule has 6 nitrogen and oxygen atoms in total. The van der Waals surface area contributed by atoms with Gasteiger partial charge in [-0.1, -0.05) is 11.6 Å². The van der Waals surface area contributed by atoms with E-state index in [1.807, 2.05) is 17.5 Å². The van der Waals surface area contributed by atoms with Gasteiger partial charge < -0.3 is 10.2 Å². The molecule has 1 aliphatic rings. The van der Waals surface area contributed by atoms with Gasteiger partial charge in [0.05, 0.1) is 23.5 Å². The topological polar surface area (TPSA) is 75.2 Å². The van der Waals surface area contributed by atoms with E-state index in [9.17, 15) is 9.59 Å². The maximum atomic E-state index is 12.8. The molecule has 142 valence electrons. The number of pyridine rings is 1. The minimum absolute atomic E-state index is 0.0123. The molecule has 0 unspecified atom stereocenters. The molecule has 2 aromatic heterocycles. The summed E-state index contributed by atoms with van der Waals surface area (Å²) in [5.41, 5.74) is 2.83. The second-order valence-electron chi connectivity index (χ2n) is 6.36. The maximum Gasteiger partial charge on any atom is 0.253 e. The number of anilines is 1. The number of thiazole rings is 1. The number of nitrogens with zero attached hydrogens (tertiary/aromatic N) is 3. The first-order chi connectivity index (χ1) is 13.6. The van der Waals surface area contributed by atoms with E-state index in [-0.39, 0.29) is 11.8 Å². The highest BCUT2D eigenvalue weighted by molar-refractivity contribution is 7.09. The first-order valence-electron chi connectivity index (χ1n) is 8.85. The van der Waals surface area contributed by atoms with E-state index in [4.69, 9.17) is 11.6 Å². The van der Waals surface area contributed by atoms with E-state index >= 15 is 0 Å². The van der Waals surface area contributed by atoms with Gasteiger partial charge in [0.15, 0.2) is 0 Å². The van der Waals surface area contributed by atoms with E-state index in [2.05, 4.69) is 15.3 Å². The molecule has 1 saturated heterocycles. The van der Waals surface area contributed by atoms with Gasteiger partial charge in [0.1, 0.15) is 5.01 Å². The van der Waals surface area contributed by atoms with Crippen molar-refractivity contribution < 1.29 is 9.59 Å². The maximum absolute atomic E-state index is 12.8. The van der Waals surface area contributed by atoms with Gasteiger partial charge in [-0.3, -0.25) is 14.6 Å². The molecule has 1 fully saturated rings. The zero-order valence-electron chi connectivity index (χ0n) is 14.9. The molecule has 0 spiro atoms. The Morgan fingerprint density at radius 3 is 2.82 bits per heavy atom. The Morgan fingerprint density at radius 1 is 1.25 bits per heavy atom. The first-order valence-corrected chi connectivity index (χ1v) is 10.1. The molecule has 0 radical (unpaired) electrons. The van der Waals surface area contributed by atoms with Crippen LogP contribution in [0.15, 0.2) is 48.1 Å². The quantitative estimate of drug-likeness (QED) is 0.689. The van der Waals surface area contributed by atoms with Crippen molar-refractivity contribution in [3.63, 3.8) is 0 Å². The molecular weight excluding hydrogens is 396 g/mol. The summed E-state index contributed by atoms with van der Waals surface area (Å²) in [6, 6.07) is 8.77. The van der Waals surface area contributed by atoms with E-state index in [0.29, 0.717) is 35.8 Å². The number of amides is 2. The van der Waals surface area contributed by atoms with Crippen molar-refractivity contribution in [3.05, 3.63) is 63.7 Å². The number of benzene rings is 1. The molecule has 0 atom stereocenters. The third-order valence-corrected chi connectivity index (χ3v) is 5.58. The van der Waals surface area contributed by atoms with Crippen molar-refractivity contribution in [2.75, 3.05) is 11.4 Å². The summed E-state index contributed by atoms with van der Waals surface area (Å²) in [7, 11) is 0. The van der Waals surface area contributed by atoms with Gasteiger partial charge in [-0.15, -0.1) is 11.3 Å². The lowest BCUT2D eigenvalue weighted by atomic mass is 10.1. The number of carbonyl (C=O) groups excluding carboxylic acids is 2. The van der Waals surface area contributed by atoms with Crippen LogP contribution in [0, 0.1) is 0 Å². The largest absolute Gasteiger partial charge is 0.345 e. The first kappa shape index (κ1) is 18.6. The third kappa shape index (κ3) is 3.90. The number of carbonyl (C=O) groups is 2. The molecule has 0 saturated carbocycles. The average Bonchev–Trinajstić information content (AvgIpc) is 3.36. The summed E-state index contributed by atoms with van der Waals surface area (Å²) < 4.78 is 0. The van der Waals surface area contributed by atoms with E-state index in [0.717, 1.165) is 22.7 Å². The molecule has 8 heteroatoms. The lowest BCUT2D eigenvalue weighted by Gasteiger charge is -2.19. The Labute approximate surface area is 171 Å². The van der Waals surface area contributed by atoms with Crippen molar-refractivity contribution in [2.24, 2.45) is 0 Å². The number of aromatic nitrogens is 2.